The van der Waals surface area contributed by atoms with Gasteiger partial charge in [-0.2, -0.15) is 0 Å². The van der Waals surface area contributed by atoms with E-state index in [9.17, 15) is 0 Å². The fourth-order valence-electron chi connectivity index (χ4n) is 2.25. The Balaban J connectivity index is 3.67. The molecule has 1 nitrogen and oxygen atoms in total. The number of hydrogen-bond donors (Lipinski definition) is 0. The first-order valence-corrected chi connectivity index (χ1v) is 6.78. The molecule has 0 aliphatic heterocycles. The van der Waals surface area contributed by atoms with Crippen LogP contribution < -0.4 is 0 Å². The first-order chi connectivity index (χ1) is 7.10. The highest BCUT2D eigenvalue weighted by Crippen LogP contribution is 2.15. The molecule has 1 unspecified atom stereocenters. The van der Waals surface area contributed by atoms with Gasteiger partial charge in [0, 0.05) is 13.1 Å². The van der Waals surface area contributed by atoms with Crippen LogP contribution >= 0.6 is 0 Å². The smallest absolute Gasteiger partial charge is 0.000662 e. The lowest BCUT2D eigenvalue weighted by Gasteiger charge is -2.24. The Morgan fingerprint density at radius 1 is 1.00 bits per heavy atom. The van der Waals surface area contributed by atoms with Crippen molar-refractivity contribution in [3.05, 3.63) is 0 Å². The fourth-order valence-corrected chi connectivity index (χ4v) is 2.25. The van der Waals surface area contributed by atoms with Gasteiger partial charge in [-0.15, -0.1) is 0 Å². The molecule has 0 bridgehead atoms. The largest absolute Gasteiger partial charge is 0.306 e. The summed E-state index contributed by atoms with van der Waals surface area (Å²) in [6, 6.07) is 0. The first kappa shape index (κ1) is 15.0. The Hall–Kier alpha value is -0.0400. The zero-order valence-corrected chi connectivity index (χ0v) is 11.6. The molecule has 0 rings (SSSR count). The third kappa shape index (κ3) is 8.92. The number of rotatable bonds is 9. The third-order valence-corrected chi connectivity index (χ3v) is 3.04. The monoisotopic (exact) mass is 213 g/mol. The lowest BCUT2D eigenvalue weighted by atomic mass is 9.98. The van der Waals surface area contributed by atoms with Crippen LogP contribution in [0.3, 0.4) is 0 Å². The minimum atomic E-state index is 0.795. The molecule has 92 valence electrons. The number of hydrogen-bond acceptors (Lipinski definition) is 1. The van der Waals surface area contributed by atoms with E-state index in [1.54, 1.807) is 0 Å². The summed E-state index contributed by atoms with van der Waals surface area (Å²) >= 11 is 0. The summed E-state index contributed by atoms with van der Waals surface area (Å²) in [7, 11) is 2.27. The van der Waals surface area contributed by atoms with Crippen molar-refractivity contribution in [1.29, 1.82) is 0 Å². The molecule has 0 N–H and O–H groups in total. The molecule has 0 aliphatic carbocycles. The van der Waals surface area contributed by atoms with E-state index in [-0.39, 0.29) is 0 Å². The molecule has 0 fully saturated rings. The van der Waals surface area contributed by atoms with E-state index in [0.29, 0.717) is 0 Å². The van der Waals surface area contributed by atoms with Gasteiger partial charge in [-0.05, 0) is 25.3 Å². The summed E-state index contributed by atoms with van der Waals surface area (Å²) in [5, 5.41) is 0. The van der Waals surface area contributed by atoms with Crippen molar-refractivity contribution in [3.8, 4) is 0 Å². The second-order valence-corrected chi connectivity index (χ2v) is 5.39. The summed E-state index contributed by atoms with van der Waals surface area (Å²) in [5.41, 5.74) is 0. The minimum Gasteiger partial charge on any atom is -0.306 e. The van der Waals surface area contributed by atoms with E-state index in [4.69, 9.17) is 0 Å². The average molecular weight is 213 g/mol. The minimum absolute atomic E-state index is 0.795. The van der Waals surface area contributed by atoms with Gasteiger partial charge in [0.2, 0.25) is 0 Å². The SMILES string of the molecule is CCCCCC(CC)CN(C)CC(C)C. The van der Waals surface area contributed by atoms with Crippen molar-refractivity contribution in [2.24, 2.45) is 11.8 Å². The van der Waals surface area contributed by atoms with E-state index in [2.05, 4.69) is 39.6 Å². The topological polar surface area (TPSA) is 3.24 Å². The van der Waals surface area contributed by atoms with Gasteiger partial charge in [-0.25, -0.2) is 0 Å². The molecule has 0 radical (unpaired) electrons. The predicted molar refractivity (Wildman–Crippen MR) is 70.3 cm³/mol. The molecule has 0 spiro atoms. The molecule has 1 atom stereocenters. The van der Waals surface area contributed by atoms with Crippen LogP contribution in [0.25, 0.3) is 0 Å². The molecule has 1 heteroatoms. The van der Waals surface area contributed by atoms with E-state index in [1.165, 1.54) is 45.2 Å². The van der Waals surface area contributed by atoms with Crippen LogP contribution in [0.5, 0.6) is 0 Å². The quantitative estimate of drug-likeness (QED) is 0.519. The molecule has 0 amide bonds. The lowest BCUT2D eigenvalue weighted by molar-refractivity contribution is 0.236. The molecule has 0 aromatic rings. The van der Waals surface area contributed by atoms with Gasteiger partial charge in [0.05, 0.1) is 0 Å². The Kier molecular flexibility index (Phi) is 9.18. The molecule has 0 heterocycles. The van der Waals surface area contributed by atoms with Gasteiger partial charge >= 0.3 is 0 Å². The summed E-state index contributed by atoms with van der Waals surface area (Å²) in [5.74, 6) is 1.71. The second-order valence-electron chi connectivity index (χ2n) is 5.39. The summed E-state index contributed by atoms with van der Waals surface area (Å²) in [6.07, 6.45) is 6.94. The normalized spacial score (nSPS) is 13.8. The molecule has 0 saturated carbocycles. The van der Waals surface area contributed by atoms with Gasteiger partial charge < -0.3 is 4.90 Å². The molecular weight excluding hydrogens is 182 g/mol. The fraction of sp³-hybridized carbons (Fsp3) is 1.00. The molecule has 15 heavy (non-hydrogen) atoms. The van der Waals surface area contributed by atoms with Crippen molar-refractivity contribution < 1.29 is 0 Å². The van der Waals surface area contributed by atoms with Crippen LogP contribution in [0.4, 0.5) is 0 Å². The van der Waals surface area contributed by atoms with Gasteiger partial charge in [0.25, 0.3) is 0 Å². The first-order valence-electron chi connectivity index (χ1n) is 6.78. The Morgan fingerprint density at radius 2 is 1.67 bits per heavy atom. The van der Waals surface area contributed by atoms with Crippen molar-refractivity contribution in [2.75, 3.05) is 20.1 Å². The van der Waals surface area contributed by atoms with Gasteiger partial charge in [0.15, 0.2) is 0 Å². The summed E-state index contributed by atoms with van der Waals surface area (Å²) < 4.78 is 0. The zero-order valence-electron chi connectivity index (χ0n) is 11.6. The van der Waals surface area contributed by atoms with Crippen LogP contribution in [0.2, 0.25) is 0 Å². The maximum atomic E-state index is 2.50. The van der Waals surface area contributed by atoms with E-state index < -0.39 is 0 Å². The molecule has 0 aliphatic rings. The highest BCUT2D eigenvalue weighted by molar-refractivity contribution is 4.64. The van der Waals surface area contributed by atoms with Crippen LogP contribution in [-0.2, 0) is 0 Å². The van der Waals surface area contributed by atoms with Gasteiger partial charge in [0.1, 0.15) is 0 Å². The van der Waals surface area contributed by atoms with Gasteiger partial charge in [-0.1, -0.05) is 53.4 Å². The average Bonchev–Trinajstić information content (AvgIpc) is 2.15. The van der Waals surface area contributed by atoms with E-state index in [0.717, 1.165) is 11.8 Å². The van der Waals surface area contributed by atoms with Crippen molar-refractivity contribution in [3.63, 3.8) is 0 Å². The highest BCUT2D eigenvalue weighted by Gasteiger charge is 2.10. The van der Waals surface area contributed by atoms with Crippen molar-refractivity contribution in [2.45, 2.75) is 59.8 Å². The Labute approximate surface area is 97.2 Å². The van der Waals surface area contributed by atoms with Crippen LogP contribution in [0.15, 0.2) is 0 Å². The summed E-state index contributed by atoms with van der Waals surface area (Å²) in [6.45, 7) is 11.7. The standard InChI is InChI=1S/C14H31N/c1-6-8-9-10-14(7-2)12-15(5)11-13(3)4/h13-14H,6-12H2,1-5H3. The van der Waals surface area contributed by atoms with Crippen LogP contribution in [-0.4, -0.2) is 25.0 Å². The maximum Gasteiger partial charge on any atom is 0.000662 e. The molecule has 0 aromatic heterocycles. The number of nitrogens with zero attached hydrogens (tertiary/aromatic N) is 1. The third-order valence-electron chi connectivity index (χ3n) is 3.04. The number of unbranched alkanes of at least 4 members (excludes halogenated alkanes) is 2. The second kappa shape index (κ2) is 9.21. The Bertz CT molecular complexity index is 131. The lowest BCUT2D eigenvalue weighted by Crippen LogP contribution is -2.29. The molecule has 0 aromatic carbocycles. The Morgan fingerprint density at radius 3 is 2.13 bits per heavy atom. The molecular formula is C14H31N. The molecule has 0 saturated heterocycles. The zero-order chi connectivity index (χ0) is 11.7. The van der Waals surface area contributed by atoms with E-state index in [1.807, 2.05) is 0 Å². The predicted octanol–water partition coefficient (Wildman–Crippen LogP) is 4.18. The summed E-state index contributed by atoms with van der Waals surface area (Å²) in [4.78, 5) is 2.50. The van der Waals surface area contributed by atoms with Crippen LogP contribution in [0.1, 0.15) is 59.8 Å². The van der Waals surface area contributed by atoms with Crippen molar-refractivity contribution >= 4 is 0 Å². The maximum absolute atomic E-state index is 2.50. The highest BCUT2D eigenvalue weighted by atomic mass is 15.1. The van der Waals surface area contributed by atoms with Crippen LogP contribution in [0, 0.1) is 11.8 Å². The van der Waals surface area contributed by atoms with Crippen molar-refractivity contribution in [1.82, 2.24) is 4.90 Å². The van der Waals surface area contributed by atoms with E-state index >= 15 is 0 Å². The van der Waals surface area contributed by atoms with Gasteiger partial charge in [-0.3, -0.25) is 0 Å².